The molecule has 7 nitrogen and oxygen atoms in total. The summed E-state index contributed by atoms with van der Waals surface area (Å²) in [7, 11) is 0. The van der Waals surface area contributed by atoms with E-state index in [1.807, 2.05) is 6.07 Å². The maximum absolute atomic E-state index is 12.5. The van der Waals surface area contributed by atoms with E-state index >= 15 is 0 Å². The molecule has 0 bridgehead atoms. The second kappa shape index (κ2) is 10.6. The number of amides is 3. The average molecular weight is 448 g/mol. The highest BCUT2D eigenvalue weighted by Gasteiger charge is 2.34. The quantitative estimate of drug-likeness (QED) is 0.591. The van der Waals surface area contributed by atoms with E-state index in [1.54, 1.807) is 24.3 Å². The van der Waals surface area contributed by atoms with Crippen LogP contribution in [0.25, 0.3) is 6.08 Å². The lowest BCUT2D eigenvalue weighted by Crippen LogP contribution is -2.38. The van der Waals surface area contributed by atoms with Crippen molar-refractivity contribution in [2.24, 2.45) is 0 Å². The summed E-state index contributed by atoms with van der Waals surface area (Å²) in [4.78, 5) is 37.7. The molecule has 31 heavy (non-hydrogen) atoms. The molecule has 0 aliphatic carbocycles. The van der Waals surface area contributed by atoms with Gasteiger partial charge in [0.05, 0.1) is 4.91 Å². The van der Waals surface area contributed by atoms with Crippen molar-refractivity contribution in [1.29, 1.82) is 0 Å². The van der Waals surface area contributed by atoms with E-state index < -0.39 is 17.8 Å². The van der Waals surface area contributed by atoms with E-state index in [2.05, 4.69) is 10.1 Å². The van der Waals surface area contributed by atoms with Crippen LogP contribution < -0.4 is 14.8 Å². The minimum Gasteiger partial charge on any atom is -0.484 e. The Balaban J connectivity index is 1.48. The zero-order valence-corrected chi connectivity index (χ0v) is 16.9. The van der Waals surface area contributed by atoms with Gasteiger partial charge in [0.15, 0.2) is 6.61 Å². The Morgan fingerprint density at radius 2 is 1.77 bits per heavy atom. The highest BCUT2D eigenvalue weighted by atomic mass is 32.2. The number of alkyl halides is 2. The van der Waals surface area contributed by atoms with Crippen LogP contribution in [0.2, 0.25) is 0 Å². The average Bonchev–Trinajstić information content (AvgIpc) is 3.01. The van der Waals surface area contributed by atoms with Gasteiger partial charge >= 0.3 is 6.61 Å². The standard InChI is InChI=1S/C21H18F2N2O5S/c22-20(23)30-16-8-6-14(7-9-16)12-17-19(27)25(21(28)31-17)11-10-24-18(26)13-29-15-4-2-1-3-5-15/h1-9,12,20H,10-11,13H2,(H,24,26). The van der Waals surface area contributed by atoms with Crippen LogP contribution >= 0.6 is 11.8 Å². The molecule has 1 saturated heterocycles. The molecule has 0 radical (unpaired) electrons. The maximum Gasteiger partial charge on any atom is 0.387 e. The number of carbonyl (C=O) groups excluding carboxylic acids is 3. The third kappa shape index (κ3) is 6.54. The van der Waals surface area contributed by atoms with Crippen molar-refractivity contribution in [1.82, 2.24) is 10.2 Å². The number of hydrogen-bond donors (Lipinski definition) is 1. The number of benzene rings is 2. The number of rotatable bonds is 9. The number of para-hydroxylation sites is 1. The molecule has 2 aromatic carbocycles. The third-order valence-corrected chi connectivity index (χ3v) is 4.95. The van der Waals surface area contributed by atoms with Gasteiger partial charge in [-0.05, 0) is 47.7 Å². The van der Waals surface area contributed by atoms with E-state index in [4.69, 9.17) is 4.74 Å². The number of ether oxygens (including phenoxy) is 2. The monoisotopic (exact) mass is 448 g/mol. The van der Waals surface area contributed by atoms with Crippen LogP contribution in [0.5, 0.6) is 11.5 Å². The van der Waals surface area contributed by atoms with Gasteiger partial charge in [-0.15, -0.1) is 0 Å². The molecular weight excluding hydrogens is 430 g/mol. The van der Waals surface area contributed by atoms with Gasteiger partial charge in [0.1, 0.15) is 11.5 Å². The van der Waals surface area contributed by atoms with Crippen LogP contribution in [0.4, 0.5) is 13.6 Å². The Labute approximate surface area is 181 Å². The summed E-state index contributed by atoms with van der Waals surface area (Å²) in [6.07, 6.45) is 1.49. The molecule has 0 saturated carbocycles. The smallest absolute Gasteiger partial charge is 0.387 e. The largest absolute Gasteiger partial charge is 0.484 e. The van der Waals surface area contributed by atoms with Crippen LogP contribution in [0, 0.1) is 0 Å². The molecule has 1 aliphatic heterocycles. The summed E-state index contributed by atoms with van der Waals surface area (Å²) in [5, 5.41) is 2.14. The zero-order valence-electron chi connectivity index (χ0n) is 16.1. The van der Waals surface area contributed by atoms with Gasteiger partial charge in [0, 0.05) is 13.1 Å². The molecule has 1 heterocycles. The number of halogens is 2. The SMILES string of the molecule is O=C(COc1ccccc1)NCCN1C(=O)SC(=Cc2ccc(OC(F)F)cc2)C1=O. The van der Waals surface area contributed by atoms with Gasteiger partial charge in [-0.2, -0.15) is 8.78 Å². The molecule has 10 heteroatoms. The van der Waals surface area contributed by atoms with E-state index in [0.29, 0.717) is 11.3 Å². The molecule has 1 aliphatic rings. The van der Waals surface area contributed by atoms with Crippen molar-refractivity contribution in [3.63, 3.8) is 0 Å². The first-order chi connectivity index (χ1) is 14.9. The summed E-state index contributed by atoms with van der Waals surface area (Å²) in [6, 6.07) is 14.5. The lowest BCUT2D eigenvalue weighted by molar-refractivity contribution is -0.125. The van der Waals surface area contributed by atoms with E-state index in [-0.39, 0.29) is 36.3 Å². The summed E-state index contributed by atoms with van der Waals surface area (Å²) < 4.78 is 34.0. The fourth-order valence-electron chi connectivity index (χ4n) is 2.61. The first kappa shape index (κ1) is 22.3. The van der Waals surface area contributed by atoms with Crippen LogP contribution in [0.15, 0.2) is 59.5 Å². The molecule has 2 aromatic rings. The van der Waals surface area contributed by atoms with E-state index in [0.717, 1.165) is 16.7 Å². The normalized spacial score (nSPS) is 14.9. The fraction of sp³-hybridized carbons (Fsp3) is 0.190. The number of nitrogens with zero attached hydrogens (tertiary/aromatic N) is 1. The summed E-state index contributed by atoms with van der Waals surface area (Å²) in [5.41, 5.74) is 0.554. The zero-order chi connectivity index (χ0) is 22.2. The lowest BCUT2D eigenvalue weighted by atomic mass is 10.2. The van der Waals surface area contributed by atoms with Gasteiger partial charge in [-0.3, -0.25) is 19.3 Å². The number of nitrogens with one attached hydrogen (secondary N) is 1. The number of carbonyl (C=O) groups is 3. The Bertz CT molecular complexity index is 967. The Kier molecular flexibility index (Phi) is 7.60. The molecule has 1 fully saturated rings. The van der Waals surface area contributed by atoms with Gasteiger partial charge in [-0.25, -0.2) is 0 Å². The van der Waals surface area contributed by atoms with E-state index in [9.17, 15) is 23.2 Å². The predicted molar refractivity (Wildman–Crippen MR) is 111 cm³/mol. The first-order valence-corrected chi connectivity index (χ1v) is 9.99. The Morgan fingerprint density at radius 1 is 1.06 bits per heavy atom. The highest BCUT2D eigenvalue weighted by molar-refractivity contribution is 8.18. The van der Waals surface area contributed by atoms with Crippen molar-refractivity contribution in [3.8, 4) is 11.5 Å². The molecule has 0 unspecified atom stereocenters. The number of hydrogen-bond acceptors (Lipinski definition) is 6. The van der Waals surface area contributed by atoms with E-state index in [1.165, 1.54) is 30.3 Å². The molecule has 1 N–H and O–H groups in total. The van der Waals surface area contributed by atoms with Gasteiger partial charge in [0.2, 0.25) is 0 Å². The molecule has 0 atom stereocenters. The maximum atomic E-state index is 12.5. The van der Waals surface area contributed by atoms with Crippen molar-refractivity contribution in [3.05, 3.63) is 65.1 Å². The molecule has 162 valence electrons. The Hall–Kier alpha value is -3.40. The van der Waals surface area contributed by atoms with Crippen molar-refractivity contribution < 1.29 is 32.6 Å². The minimum absolute atomic E-state index is 0.00719. The number of imide groups is 1. The second-order valence-electron chi connectivity index (χ2n) is 6.23. The fourth-order valence-corrected chi connectivity index (χ4v) is 3.48. The predicted octanol–water partition coefficient (Wildman–Crippen LogP) is 3.52. The van der Waals surface area contributed by atoms with Crippen LogP contribution in [0.1, 0.15) is 5.56 Å². The third-order valence-electron chi connectivity index (χ3n) is 4.05. The summed E-state index contributed by atoms with van der Waals surface area (Å²) >= 11 is 0.768. The molecule has 3 rings (SSSR count). The minimum atomic E-state index is -2.92. The van der Waals surface area contributed by atoms with Crippen LogP contribution in [0.3, 0.4) is 0 Å². The molecular formula is C21H18F2N2O5S. The van der Waals surface area contributed by atoms with Gasteiger partial charge < -0.3 is 14.8 Å². The van der Waals surface area contributed by atoms with Crippen LogP contribution in [-0.4, -0.2) is 48.3 Å². The summed E-state index contributed by atoms with van der Waals surface area (Å²) in [6.45, 7) is -3.01. The first-order valence-electron chi connectivity index (χ1n) is 9.17. The van der Waals surface area contributed by atoms with Crippen LogP contribution in [-0.2, 0) is 9.59 Å². The molecule has 0 aromatic heterocycles. The molecule has 0 spiro atoms. The van der Waals surface area contributed by atoms with Crippen molar-refractivity contribution in [2.45, 2.75) is 6.61 Å². The van der Waals surface area contributed by atoms with Crippen molar-refractivity contribution >= 4 is 34.9 Å². The van der Waals surface area contributed by atoms with Gasteiger partial charge in [-0.1, -0.05) is 30.3 Å². The second-order valence-corrected chi connectivity index (χ2v) is 7.23. The van der Waals surface area contributed by atoms with Crippen molar-refractivity contribution in [2.75, 3.05) is 19.7 Å². The molecule has 3 amide bonds. The topological polar surface area (TPSA) is 84.9 Å². The summed E-state index contributed by atoms with van der Waals surface area (Å²) in [5.74, 6) is -0.315. The highest BCUT2D eigenvalue weighted by Crippen LogP contribution is 2.32. The number of thioether (sulfide) groups is 1. The van der Waals surface area contributed by atoms with Gasteiger partial charge in [0.25, 0.3) is 17.1 Å². The lowest BCUT2D eigenvalue weighted by Gasteiger charge is -2.13. The Morgan fingerprint density at radius 3 is 2.45 bits per heavy atom.